The van der Waals surface area contributed by atoms with Crippen molar-refractivity contribution in [3.05, 3.63) is 60.7 Å². The fraction of sp³-hybridized carbons (Fsp3) is 0.231. The molecule has 0 atom stereocenters. The Labute approximate surface area is 81.6 Å². The summed E-state index contributed by atoms with van der Waals surface area (Å²) in [5.41, 5.74) is 0. The molecule has 70 valence electrons. The summed E-state index contributed by atoms with van der Waals surface area (Å²) in [6.07, 6.45) is 9.50. The minimum absolute atomic E-state index is 1.14. The van der Waals surface area contributed by atoms with Gasteiger partial charge in [-0.25, -0.2) is 0 Å². The Kier molecular flexibility index (Phi) is 9.63. The van der Waals surface area contributed by atoms with Gasteiger partial charge in [0.05, 0.1) is 0 Å². The first-order valence-electron chi connectivity index (χ1n) is 4.82. The molecule has 0 saturated carbocycles. The van der Waals surface area contributed by atoms with Crippen molar-refractivity contribution in [1.29, 1.82) is 0 Å². The van der Waals surface area contributed by atoms with Crippen LogP contribution in [0.2, 0.25) is 0 Å². The van der Waals surface area contributed by atoms with Gasteiger partial charge in [0, 0.05) is 0 Å². The molecule has 0 heteroatoms. The zero-order chi connectivity index (χ0) is 9.78. The summed E-state index contributed by atoms with van der Waals surface area (Å²) < 4.78 is 0. The molecule has 0 amide bonds. The highest BCUT2D eigenvalue weighted by atomic mass is 13.8. The molecule has 0 spiro atoms. The summed E-state index contributed by atoms with van der Waals surface area (Å²) in [5.74, 6) is 0. The van der Waals surface area contributed by atoms with E-state index in [4.69, 9.17) is 0 Å². The summed E-state index contributed by atoms with van der Waals surface area (Å²) in [6.45, 7) is 4.00. The minimum Gasteiger partial charge on any atom is -0.0808 e. The van der Waals surface area contributed by atoms with Crippen LogP contribution in [0.4, 0.5) is 0 Å². The average molecular weight is 174 g/mol. The Morgan fingerprint density at radius 1 is 0.615 bits per heavy atom. The maximum absolute atomic E-state index is 2.12. The number of benzene rings is 1. The largest absolute Gasteiger partial charge is 0.0808 e. The number of allylic oxidation sites excluding steroid dienone is 4. The van der Waals surface area contributed by atoms with E-state index in [0.717, 1.165) is 6.42 Å². The maximum Gasteiger partial charge on any atom is -0.0163 e. The number of hydrogen-bond acceptors (Lipinski definition) is 0. The van der Waals surface area contributed by atoms with Crippen molar-refractivity contribution < 1.29 is 0 Å². The SMILES string of the molecule is C1=CCC=C1.CC.c1ccccc1. The molecular weight excluding hydrogens is 156 g/mol. The van der Waals surface area contributed by atoms with Crippen molar-refractivity contribution in [2.75, 3.05) is 0 Å². The second-order valence-corrected chi connectivity index (χ2v) is 2.25. The topological polar surface area (TPSA) is 0 Å². The molecule has 1 aliphatic rings. The van der Waals surface area contributed by atoms with E-state index >= 15 is 0 Å². The second-order valence-electron chi connectivity index (χ2n) is 2.25. The zero-order valence-electron chi connectivity index (χ0n) is 8.48. The van der Waals surface area contributed by atoms with Gasteiger partial charge in [0.25, 0.3) is 0 Å². The van der Waals surface area contributed by atoms with Crippen LogP contribution < -0.4 is 0 Å². The van der Waals surface area contributed by atoms with Crippen molar-refractivity contribution in [2.24, 2.45) is 0 Å². The van der Waals surface area contributed by atoms with E-state index in [1.807, 2.05) is 50.2 Å². The third-order valence-corrected chi connectivity index (χ3v) is 1.32. The number of rotatable bonds is 0. The molecular formula is C13H18. The predicted octanol–water partition coefficient (Wildman–Crippen LogP) is 4.22. The highest BCUT2D eigenvalue weighted by Crippen LogP contribution is 1.93. The Bertz CT molecular complexity index is 182. The van der Waals surface area contributed by atoms with E-state index in [-0.39, 0.29) is 0 Å². The van der Waals surface area contributed by atoms with Crippen molar-refractivity contribution >= 4 is 0 Å². The quantitative estimate of drug-likeness (QED) is 0.552. The summed E-state index contributed by atoms with van der Waals surface area (Å²) in [5, 5.41) is 0. The Hall–Kier alpha value is -1.30. The molecule has 0 aromatic heterocycles. The first-order valence-corrected chi connectivity index (χ1v) is 4.82. The molecule has 0 saturated heterocycles. The lowest BCUT2D eigenvalue weighted by molar-refractivity contribution is 1.45. The summed E-state index contributed by atoms with van der Waals surface area (Å²) >= 11 is 0. The molecule has 1 aromatic carbocycles. The van der Waals surface area contributed by atoms with Gasteiger partial charge in [-0.3, -0.25) is 0 Å². The third-order valence-electron chi connectivity index (χ3n) is 1.32. The van der Waals surface area contributed by atoms with Gasteiger partial charge < -0.3 is 0 Å². The van der Waals surface area contributed by atoms with E-state index < -0.39 is 0 Å². The van der Waals surface area contributed by atoms with Crippen molar-refractivity contribution in [2.45, 2.75) is 20.3 Å². The second kappa shape index (κ2) is 10.7. The zero-order valence-corrected chi connectivity index (χ0v) is 8.48. The molecule has 0 radical (unpaired) electrons. The lowest BCUT2D eigenvalue weighted by Crippen LogP contribution is -1.47. The van der Waals surface area contributed by atoms with E-state index in [1.54, 1.807) is 0 Å². The monoisotopic (exact) mass is 174 g/mol. The molecule has 1 aliphatic carbocycles. The predicted molar refractivity (Wildman–Crippen MR) is 60.7 cm³/mol. The summed E-state index contributed by atoms with van der Waals surface area (Å²) in [4.78, 5) is 0. The van der Waals surface area contributed by atoms with Gasteiger partial charge in [-0.1, -0.05) is 74.5 Å². The molecule has 1 aromatic rings. The van der Waals surface area contributed by atoms with Gasteiger partial charge >= 0.3 is 0 Å². The van der Waals surface area contributed by atoms with E-state index in [1.165, 1.54) is 0 Å². The van der Waals surface area contributed by atoms with Crippen LogP contribution in [0.1, 0.15) is 20.3 Å². The van der Waals surface area contributed by atoms with E-state index in [0.29, 0.717) is 0 Å². The van der Waals surface area contributed by atoms with E-state index in [2.05, 4.69) is 24.3 Å². The molecule has 0 unspecified atom stereocenters. The lowest BCUT2D eigenvalue weighted by Gasteiger charge is -1.69. The first-order chi connectivity index (χ1) is 6.50. The van der Waals surface area contributed by atoms with Crippen molar-refractivity contribution in [3.63, 3.8) is 0 Å². The van der Waals surface area contributed by atoms with Gasteiger partial charge in [-0.2, -0.15) is 0 Å². The minimum atomic E-state index is 1.14. The highest BCUT2D eigenvalue weighted by Gasteiger charge is 1.72. The Morgan fingerprint density at radius 2 is 0.923 bits per heavy atom. The normalized spacial score (nSPS) is 10.9. The van der Waals surface area contributed by atoms with Gasteiger partial charge in [-0.15, -0.1) is 0 Å². The Balaban J connectivity index is 0.000000189. The fourth-order valence-corrected chi connectivity index (χ4v) is 0.778. The molecule has 0 fully saturated rings. The molecule has 0 nitrogen and oxygen atoms in total. The smallest absolute Gasteiger partial charge is 0.0163 e. The van der Waals surface area contributed by atoms with Crippen LogP contribution in [-0.2, 0) is 0 Å². The van der Waals surface area contributed by atoms with E-state index in [9.17, 15) is 0 Å². The maximum atomic E-state index is 2.12. The van der Waals surface area contributed by atoms with Crippen LogP contribution in [0.3, 0.4) is 0 Å². The van der Waals surface area contributed by atoms with Crippen LogP contribution in [0, 0.1) is 0 Å². The van der Waals surface area contributed by atoms with Gasteiger partial charge in [0.2, 0.25) is 0 Å². The van der Waals surface area contributed by atoms with Crippen LogP contribution in [0.5, 0.6) is 0 Å². The molecule has 2 rings (SSSR count). The standard InChI is InChI=1S/C6H6.C5H6.C2H6/c1-2-4-6-5-3-1;1-2-4-5-3-1;1-2/h1-6H;1-4H,5H2;1-2H3. The highest BCUT2D eigenvalue weighted by molar-refractivity contribution is 5.12. The number of hydrogen-bond donors (Lipinski definition) is 0. The summed E-state index contributed by atoms with van der Waals surface area (Å²) in [7, 11) is 0. The molecule has 0 heterocycles. The van der Waals surface area contributed by atoms with Crippen molar-refractivity contribution in [3.8, 4) is 0 Å². The fourth-order valence-electron chi connectivity index (χ4n) is 0.778. The molecule has 0 aliphatic heterocycles. The van der Waals surface area contributed by atoms with Gasteiger partial charge in [0.15, 0.2) is 0 Å². The summed E-state index contributed by atoms with van der Waals surface area (Å²) in [6, 6.07) is 12.0. The molecule has 0 N–H and O–H groups in total. The molecule has 0 bridgehead atoms. The average Bonchev–Trinajstić information content (AvgIpc) is 2.82. The third kappa shape index (κ3) is 8.61. The van der Waals surface area contributed by atoms with Gasteiger partial charge in [0.1, 0.15) is 0 Å². The van der Waals surface area contributed by atoms with Crippen LogP contribution in [-0.4, -0.2) is 0 Å². The van der Waals surface area contributed by atoms with Crippen LogP contribution >= 0.6 is 0 Å². The lowest BCUT2D eigenvalue weighted by atomic mass is 10.4. The Morgan fingerprint density at radius 3 is 1.08 bits per heavy atom. The van der Waals surface area contributed by atoms with Gasteiger partial charge in [-0.05, 0) is 6.42 Å². The molecule has 13 heavy (non-hydrogen) atoms. The van der Waals surface area contributed by atoms with Crippen LogP contribution in [0.25, 0.3) is 0 Å². The van der Waals surface area contributed by atoms with Crippen LogP contribution in [0.15, 0.2) is 60.7 Å². The van der Waals surface area contributed by atoms with Crippen molar-refractivity contribution in [1.82, 2.24) is 0 Å². The first kappa shape index (κ1) is 11.7.